The molecule has 0 saturated carbocycles. The van der Waals surface area contributed by atoms with Gasteiger partial charge in [-0.15, -0.1) is 0 Å². The molecular formula is C23H24O4. The third-order valence-electron chi connectivity index (χ3n) is 4.08. The summed E-state index contributed by atoms with van der Waals surface area (Å²) in [6, 6.07) is 19.5. The van der Waals surface area contributed by atoms with Crippen molar-refractivity contribution < 1.29 is 19.0 Å². The van der Waals surface area contributed by atoms with E-state index in [9.17, 15) is 4.79 Å². The second kappa shape index (κ2) is 8.12. The molecule has 0 N–H and O–H groups in total. The monoisotopic (exact) mass is 364 g/mol. The van der Waals surface area contributed by atoms with Crippen LogP contribution >= 0.6 is 0 Å². The Bertz CT molecular complexity index is 929. The topological polar surface area (TPSA) is 44.8 Å². The highest BCUT2D eigenvalue weighted by molar-refractivity contribution is 5.84. The summed E-state index contributed by atoms with van der Waals surface area (Å²) in [7, 11) is 0. The average molecular weight is 364 g/mol. The molecule has 3 aromatic rings. The lowest BCUT2D eigenvalue weighted by molar-refractivity contribution is -0.145. The van der Waals surface area contributed by atoms with Gasteiger partial charge in [-0.2, -0.15) is 0 Å². The van der Waals surface area contributed by atoms with Gasteiger partial charge in [-0.3, -0.25) is 4.79 Å². The standard InChI is InChI=1S/C23H24O4/c1-15(2)25-21-9-11-22(12-10-21)27-23-8-7-19-13-18(5-6-20(19)14-23)16(3)26-17(4)24/h5-16H,1-4H3. The van der Waals surface area contributed by atoms with Gasteiger partial charge in [0.15, 0.2) is 0 Å². The van der Waals surface area contributed by atoms with Crippen LogP contribution < -0.4 is 9.47 Å². The zero-order valence-electron chi connectivity index (χ0n) is 16.1. The fraction of sp³-hybridized carbons (Fsp3) is 0.261. The summed E-state index contributed by atoms with van der Waals surface area (Å²) in [4.78, 5) is 11.1. The van der Waals surface area contributed by atoms with Gasteiger partial charge in [-0.25, -0.2) is 0 Å². The zero-order valence-corrected chi connectivity index (χ0v) is 16.1. The summed E-state index contributed by atoms with van der Waals surface area (Å²) >= 11 is 0. The van der Waals surface area contributed by atoms with Crippen LogP contribution in [0.1, 0.15) is 39.4 Å². The quantitative estimate of drug-likeness (QED) is 0.500. The number of rotatable bonds is 6. The Balaban J connectivity index is 1.75. The molecule has 1 atom stereocenters. The van der Waals surface area contributed by atoms with Crippen LogP contribution in [0.2, 0.25) is 0 Å². The Morgan fingerprint density at radius 3 is 2.04 bits per heavy atom. The number of benzene rings is 3. The molecule has 0 aliphatic rings. The minimum atomic E-state index is -0.281. The summed E-state index contributed by atoms with van der Waals surface area (Å²) in [6.07, 6.45) is -0.125. The van der Waals surface area contributed by atoms with Gasteiger partial charge in [0, 0.05) is 6.92 Å². The first-order valence-electron chi connectivity index (χ1n) is 9.06. The lowest BCUT2D eigenvalue weighted by atomic mass is 10.0. The fourth-order valence-electron chi connectivity index (χ4n) is 2.87. The van der Waals surface area contributed by atoms with E-state index in [2.05, 4.69) is 0 Å². The largest absolute Gasteiger partial charge is 0.491 e. The maximum Gasteiger partial charge on any atom is 0.303 e. The van der Waals surface area contributed by atoms with E-state index in [1.807, 2.05) is 81.4 Å². The van der Waals surface area contributed by atoms with E-state index in [1.165, 1.54) is 6.92 Å². The van der Waals surface area contributed by atoms with Crippen molar-refractivity contribution in [2.45, 2.75) is 39.9 Å². The number of hydrogen-bond donors (Lipinski definition) is 0. The van der Waals surface area contributed by atoms with Crippen LogP contribution in [-0.2, 0) is 9.53 Å². The van der Waals surface area contributed by atoms with Gasteiger partial charge < -0.3 is 14.2 Å². The molecule has 0 fully saturated rings. The summed E-state index contributed by atoms with van der Waals surface area (Å²) < 4.78 is 16.8. The van der Waals surface area contributed by atoms with Gasteiger partial charge in [-0.05, 0) is 79.6 Å². The van der Waals surface area contributed by atoms with E-state index in [-0.39, 0.29) is 18.2 Å². The maximum absolute atomic E-state index is 11.1. The number of carbonyl (C=O) groups excluding carboxylic acids is 1. The maximum atomic E-state index is 11.1. The molecule has 0 heterocycles. The molecule has 4 heteroatoms. The molecule has 0 aliphatic heterocycles. The highest BCUT2D eigenvalue weighted by atomic mass is 16.5. The lowest BCUT2D eigenvalue weighted by Gasteiger charge is -2.13. The Labute approximate surface area is 159 Å². The van der Waals surface area contributed by atoms with Gasteiger partial charge in [0.05, 0.1) is 6.10 Å². The molecule has 0 amide bonds. The van der Waals surface area contributed by atoms with Crippen molar-refractivity contribution in [3.8, 4) is 17.2 Å². The van der Waals surface area contributed by atoms with Crippen LogP contribution in [0.3, 0.4) is 0 Å². The van der Waals surface area contributed by atoms with Crippen molar-refractivity contribution >= 4 is 16.7 Å². The Morgan fingerprint density at radius 2 is 1.37 bits per heavy atom. The van der Waals surface area contributed by atoms with Crippen molar-refractivity contribution in [2.75, 3.05) is 0 Å². The Morgan fingerprint density at radius 1 is 0.778 bits per heavy atom. The number of ether oxygens (including phenoxy) is 3. The smallest absolute Gasteiger partial charge is 0.303 e. The van der Waals surface area contributed by atoms with Crippen molar-refractivity contribution in [1.29, 1.82) is 0 Å². The summed E-state index contributed by atoms with van der Waals surface area (Å²) in [5.74, 6) is 2.06. The average Bonchev–Trinajstić information content (AvgIpc) is 2.62. The molecule has 0 aliphatic carbocycles. The molecule has 0 saturated heterocycles. The van der Waals surface area contributed by atoms with Gasteiger partial charge >= 0.3 is 5.97 Å². The Kier molecular flexibility index (Phi) is 5.65. The molecule has 0 radical (unpaired) electrons. The Hall–Kier alpha value is -3.01. The zero-order chi connectivity index (χ0) is 19.4. The molecule has 3 rings (SSSR count). The van der Waals surface area contributed by atoms with E-state index in [4.69, 9.17) is 14.2 Å². The lowest BCUT2D eigenvalue weighted by Crippen LogP contribution is -2.05. The minimum Gasteiger partial charge on any atom is -0.491 e. The third kappa shape index (κ3) is 5.00. The molecule has 1 unspecified atom stereocenters. The van der Waals surface area contributed by atoms with E-state index in [0.29, 0.717) is 0 Å². The molecule has 3 aromatic carbocycles. The van der Waals surface area contributed by atoms with Gasteiger partial charge in [0.2, 0.25) is 0 Å². The summed E-state index contributed by atoms with van der Waals surface area (Å²) in [6.45, 7) is 7.28. The van der Waals surface area contributed by atoms with Crippen LogP contribution in [0.15, 0.2) is 60.7 Å². The first-order chi connectivity index (χ1) is 12.9. The van der Waals surface area contributed by atoms with E-state index < -0.39 is 0 Å². The van der Waals surface area contributed by atoms with Crippen LogP contribution in [0.4, 0.5) is 0 Å². The van der Waals surface area contributed by atoms with E-state index >= 15 is 0 Å². The highest BCUT2D eigenvalue weighted by Gasteiger charge is 2.09. The van der Waals surface area contributed by atoms with E-state index in [1.54, 1.807) is 0 Å². The van der Waals surface area contributed by atoms with Crippen molar-refractivity contribution in [2.24, 2.45) is 0 Å². The molecule has 4 nitrogen and oxygen atoms in total. The number of esters is 1. The first-order valence-corrected chi connectivity index (χ1v) is 9.06. The SMILES string of the molecule is CC(=O)OC(C)c1ccc2cc(Oc3ccc(OC(C)C)cc3)ccc2c1. The van der Waals surface area contributed by atoms with Crippen LogP contribution in [0.25, 0.3) is 10.8 Å². The van der Waals surface area contributed by atoms with Crippen LogP contribution in [0.5, 0.6) is 17.2 Å². The predicted octanol–water partition coefficient (Wildman–Crippen LogP) is 6.04. The minimum absolute atomic E-state index is 0.144. The van der Waals surface area contributed by atoms with E-state index in [0.717, 1.165) is 33.6 Å². The molecule has 0 aromatic heterocycles. The van der Waals surface area contributed by atoms with Crippen molar-refractivity contribution in [1.82, 2.24) is 0 Å². The number of hydrogen-bond acceptors (Lipinski definition) is 4. The first kappa shape index (κ1) is 18.8. The predicted molar refractivity (Wildman–Crippen MR) is 106 cm³/mol. The second-order valence-corrected chi connectivity index (χ2v) is 6.76. The normalized spacial score (nSPS) is 12.0. The number of carbonyl (C=O) groups is 1. The van der Waals surface area contributed by atoms with Crippen LogP contribution in [0, 0.1) is 0 Å². The summed E-state index contributed by atoms with van der Waals surface area (Å²) in [5.41, 5.74) is 0.965. The van der Waals surface area contributed by atoms with Gasteiger partial charge in [-0.1, -0.05) is 18.2 Å². The third-order valence-corrected chi connectivity index (χ3v) is 4.08. The molecule has 0 spiro atoms. The van der Waals surface area contributed by atoms with Gasteiger partial charge in [0.25, 0.3) is 0 Å². The summed E-state index contributed by atoms with van der Waals surface area (Å²) in [5, 5.41) is 2.13. The molecule has 0 bridgehead atoms. The fourth-order valence-corrected chi connectivity index (χ4v) is 2.87. The number of fused-ring (bicyclic) bond motifs is 1. The molecule has 27 heavy (non-hydrogen) atoms. The molecule has 140 valence electrons. The highest BCUT2D eigenvalue weighted by Crippen LogP contribution is 2.29. The van der Waals surface area contributed by atoms with Gasteiger partial charge in [0.1, 0.15) is 23.4 Å². The van der Waals surface area contributed by atoms with Crippen molar-refractivity contribution in [3.05, 3.63) is 66.2 Å². The van der Waals surface area contributed by atoms with Crippen molar-refractivity contribution in [3.63, 3.8) is 0 Å². The van der Waals surface area contributed by atoms with Crippen LogP contribution in [-0.4, -0.2) is 12.1 Å². The molecular weight excluding hydrogens is 340 g/mol. The second-order valence-electron chi connectivity index (χ2n) is 6.76.